The fourth-order valence-electron chi connectivity index (χ4n) is 2.16. The molecule has 1 saturated carbocycles. The molecule has 2 atom stereocenters. The molecule has 0 saturated heterocycles. The van der Waals surface area contributed by atoms with Crippen molar-refractivity contribution in [1.29, 1.82) is 0 Å². The summed E-state index contributed by atoms with van der Waals surface area (Å²) in [5.41, 5.74) is 5.51. The van der Waals surface area contributed by atoms with Gasteiger partial charge in [-0.15, -0.1) is 0 Å². The first-order valence-corrected chi connectivity index (χ1v) is 5.28. The third kappa shape index (κ3) is 3.54. The van der Waals surface area contributed by atoms with Gasteiger partial charge in [0, 0.05) is 6.54 Å². The Labute approximate surface area is 85.2 Å². The van der Waals surface area contributed by atoms with Crippen LogP contribution in [0.15, 0.2) is 0 Å². The summed E-state index contributed by atoms with van der Waals surface area (Å²) in [7, 11) is 1.39. The van der Waals surface area contributed by atoms with Crippen LogP contribution < -0.4 is 11.1 Å². The maximum atomic E-state index is 10.8. The van der Waals surface area contributed by atoms with E-state index in [2.05, 4.69) is 10.1 Å². The Hall–Kier alpha value is -0.770. The molecular weight excluding hydrogens is 180 g/mol. The van der Waals surface area contributed by atoms with Crippen molar-refractivity contribution >= 4 is 6.09 Å². The molecule has 14 heavy (non-hydrogen) atoms. The highest BCUT2D eigenvalue weighted by Crippen LogP contribution is 2.32. The zero-order valence-corrected chi connectivity index (χ0v) is 8.79. The standard InChI is InChI=1S/C10H20N2O2/c1-14-10(13)12-7-9-3-2-8(6-9)4-5-11/h8-9H,2-7,11H2,1H3,(H,12,13). The van der Waals surface area contributed by atoms with E-state index < -0.39 is 0 Å². The Morgan fingerprint density at radius 1 is 1.50 bits per heavy atom. The normalized spacial score (nSPS) is 26.1. The smallest absolute Gasteiger partial charge is 0.406 e. The van der Waals surface area contributed by atoms with Gasteiger partial charge in [0.2, 0.25) is 0 Å². The van der Waals surface area contributed by atoms with Crippen molar-refractivity contribution < 1.29 is 9.53 Å². The van der Waals surface area contributed by atoms with Gasteiger partial charge in [0.1, 0.15) is 0 Å². The number of hydrogen-bond donors (Lipinski definition) is 2. The van der Waals surface area contributed by atoms with E-state index in [9.17, 15) is 4.79 Å². The lowest BCUT2D eigenvalue weighted by molar-refractivity contribution is 0.169. The van der Waals surface area contributed by atoms with Gasteiger partial charge in [-0.1, -0.05) is 6.42 Å². The van der Waals surface area contributed by atoms with E-state index in [0.29, 0.717) is 5.92 Å². The Morgan fingerprint density at radius 2 is 2.21 bits per heavy atom. The van der Waals surface area contributed by atoms with E-state index >= 15 is 0 Å². The van der Waals surface area contributed by atoms with Crippen molar-refractivity contribution in [2.45, 2.75) is 25.7 Å². The van der Waals surface area contributed by atoms with Gasteiger partial charge in [-0.25, -0.2) is 4.79 Å². The van der Waals surface area contributed by atoms with Gasteiger partial charge >= 0.3 is 6.09 Å². The average Bonchev–Trinajstić information content (AvgIpc) is 2.63. The maximum absolute atomic E-state index is 10.8. The van der Waals surface area contributed by atoms with E-state index in [1.807, 2.05) is 0 Å². The summed E-state index contributed by atoms with van der Waals surface area (Å²) < 4.78 is 4.51. The summed E-state index contributed by atoms with van der Waals surface area (Å²) in [6, 6.07) is 0. The highest BCUT2D eigenvalue weighted by molar-refractivity contribution is 5.66. The van der Waals surface area contributed by atoms with E-state index in [4.69, 9.17) is 5.73 Å². The molecule has 0 aromatic carbocycles. The largest absolute Gasteiger partial charge is 0.453 e. The molecule has 1 aliphatic carbocycles. The maximum Gasteiger partial charge on any atom is 0.406 e. The molecule has 4 heteroatoms. The fraction of sp³-hybridized carbons (Fsp3) is 0.900. The second kappa shape index (κ2) is 5.86. The Morgan fingerprint density at radius 3 is 2.86 bits per heavy atom. The Kier molecular flexibility index (Phi) is 4.73. The molecule has 1 aliphatic rings. The van der Waals surface area contributed by atoms with Gasteiger partial charge in [-0.05, 0) is 37.6 Å². The summed E-state index contributed by atoms with van der Waals surface area (Å²) in [5, 5.41) is 2.74. The van der Waals surface area contributed by atoms with Crippen LogP contribution in [0, 0.1) is 11.8 Å². The quantitative estimate of drug-likeness (QED) is 0.714. The minimum atomic E-state index is -0.327. The first kappa shape index (κ1) is 11.3. The van der Waals surface area contributed by atoms with Gasteiger partial charge in [0.05, 0.1) is 7.11 Å². The molecule has 4 nitrogen and oxygen atoms in total. The van der Waals surface area contributed by atoms with E-state index in [0.717, 1.165) is 25.4 Å². The number of ether oxygens (including phenoxy) is 1. The molecule has 1 fully saturated rings. The number of carbonyl (C=O) groups is 1. The molecule has 0 heterocycles. The third-order valence-electron chi connectivity index (χ3n) is 2.95. The van der Waals surface area contributed by atoms with Gasteiger partial charge in [0.25, 0.3) is 0 Å². The topological polar surface area (TPSA) is 64.3 Å². The lowest BCUT2D eigenvalue weighted by Gasteiger charge is -2.11. The molecule has 0 aliphatic heterocycles. The van der Waals surface area contributed by atoms with Crippen LogP contribution in [0.25, 0.3) is 0 Å². The number of amides is 1. The second-order valence-corrected chi connectivity index (χ2v) is 3.99. The van der Waals surface area contributed by atoms with Crippen molar-refractivity contribution in [3.8, 4) is 0 Å². The molecule has 2 unspecified atom stereocenters. The Bertz CT molecular complexity index is 185. The van der Waals surface area contributed by atoms with Crippen LogP contribution in [0.4, 0.5) is 4.79 Å². The molecule has 0 aromatic heterocycles. The second-order valence-electron chi connectivity index (χ2n) is 3.99. The number of rotatable bonds is 4. The van der Waals surface area contributed by atoms with Crippen molar-refractivity contribution in [2.75, 3.05) is 20.2 Å². The number of nitrogens with one attached hydrogen (secondary N) is 1. The summed E-state index contributed by atoms with van der Waals surface area (Å²) >= 11 is 0. The molecule has 0 spiro atoms. The highest BCUT2D eigenvalue weighted by Gasteiger charge is 2.24. The number of alkyl carbamates (subject to hydrolysis) is 1. The average molecular weight is 200 g/mol. The van der Waals surface area contributed by atoms with Crippen molar-refractivity contribution in [2.24, 2.45) is 17.6 Å². The van der Waals surface area contributed by atoms with Crippen LogP contribution in [0.2, 0.25) is 0 Å². The first-order valence-electron chi connectivity index (χ1n) is 5.28. The van der Waals surface area contributed by atoms with Crippen LogP contribution >= 0.6 is 0 Å². The van der Waals surface area contributed by atoms with Crippen LogP contribution in [0.1, 0.15) is 25.7 Å². The summed E-state index contributed by atoms with van der Waals surface area (Å²) in [6.45, 7) is 1.52. The fourth-order valence-corrected chi connectivity index (χ4v) is 2.16. The Balaban J connectivity index is 2.13. The van der Waals surface area contributed by atoms with Crippen molar-refractivity contribution in [3.05, 3.63) is 0 Å². The zero-order chi connectivity index (χ0) is 10.4. The SMILES string of the molecule is COC(=O)NCC1CCC(CCN)C1. The van der Waals surface area contributed by atoms with E-state index in [1.165, 1.54) is 26.4 Å². The van der Waals surface area contributed by atoms with Gasteiger partial charge < -0.3 is 15.8 Å². The van der Waals surface area contributed by atoms with Crippen LogP contribution in [-0.2, 0) is 4.74 Å². The predicted molar refractivity (Wildman–Crippen MR) is 54.9 cm³/mol. The van der Waals surface area contributed by atoms with Crippen LogP contribution in [0.5, 0.6) is 0 Å². The number of carbonyl (C=O) groups excluding carboxylic acids is 1. The van der Waals surface area contributed by atoms with Crippen molar-refractivity contribution in [3.63, 3.8) is 0 Å². The zero-order valence-electron chi connectivity index (χ0n) is 8.79. The molecule has 1 rings (SSSR count). The molecular formula is C10H20N2O2. The lowest BCUT2D eigenvalue weighted by Crippen LogP contribution is -2.28. The first-order chi connectivity index (χ1) is 6.76. The van der Waals surface area contributed by atoms with E-state index in [-0.39, 0.29) is 6.09 Å². The minimum absolute atomic E-state index is 0.327. The monoisotopic (exact) mass is 200 g/mol. The number of methoxy groups -OCH3 is 1. The van der Waals surface area contributed by atoms with Gasteiger partial charge in [-0.2, -0.15) is 0 Å². The highest BCUT2D eigenvalue weighted by atomic mass is 16.5. The van der Waals surface area contributed by atoms with Crippen molar-refractivity contribution in [1.82, 2.24) is 5.32 Å². The van der Waals surface area contributed by atoms with Crippen LogP contribution in [0.3, 0.4) is 0 Å². The predicted octanol–water partition coefficient (Wildman–Crippen LogP) is 1.11. The van der Waals surface area contributed by atoms with Gasteiger partial charge in [-0.3, -0.25) is 0 Å². The minimum Gasteiger partial charge on any atom is -0.453 e. The number of hydrogen-bond acceptors (Lipinski definition) is 3. The molecule has 3 N–H and O–H groups in total. The molecule has 0 bridgehead atoms. The molecule has 0 aromatic rings. The van der Waals surface area contributed by atoms with E-state index in [1.54, 1.807) is 0 Å². The summed E-state index contributed by atoms with van der Waals surface area (Å²) in [6.07, 6.45) is 4.45. The third-order valence-corrected chi connectivity index (χ3v) is 2.95. The molecule has 1 amide bonds. The summed E-state index contributed by atoms with van der Waals surface area (Å²) in [4.78, 5) is 10.8. The number of nitrogens with two attached hydrogens (primary N) is 1. The van der Waals surface area contributed by atoms with Gasteiger partial charge in [0.15, 0.2) is 0 Å². The van der Waals surface area contributed by atoms with Crippen LogP contribution in [-0.4, -0.2) is 26.3 Å². The molecule has 82 valence electrons. The lowest BCUT2D eigenvalue weighted by atomic mass is 10.0. The molecule has 0 radical (unpaired) electrons. The summed E-state index contributed by atoms with van der Waals surface area (Å²) in [5.74, 6) is 1.38.